The number of alkyl halides is 2. The minimum Gasteiger partial charge on any atom is -0.386 e. The fourth-order valence-electron chi connectivity index (χ4n) is 2.31. The molecule has 3 aromatic carbocycles. The third kappa shape index (κ3) is 6.02. The number of phosphoric acid groups is 1. The molecule has 3 aromatic rings. The van der Waals surface area contributed by atoms with Crippen molar-refractivity contribution < 1.29 is 18.1 Å². The Hall–Kier alpha value is -1.46. The second-order valence-corrected chi connectivity index (χ2v) is 8.74. The van der Waals surface area contributed by atoms with Crippen molar-refractivity contribution >= 4 is 51.3 Å². The van der Waals surface area contributed by atoms with Crippen LogP contribution in [0.4, 0.5) is 0 Å². The fraction of sp³-hybridized carbons (Fsp3) is 0.100. The van der Waals surface area contributed by atoms with E-state index in [9.17, 15) is 4.57 Å². The first-order valence-electron chi connectivity index (χ1n) is 8.24. The Bertz CT molecular complexity index is 928. The lowest BCUT2D eigenvalue weighted by Gasteiger charge is -2.20. The van der Waals surface area contributed by atoms with E-state index in [4.69, 9.17) is 25.2 Å². The molecular formula is C20H16Br2ClO4P. The number of rotatable bonds is 8. The van der Waals surface area contributed by atoms with Crippen LogP contribution >= 0.6 is 51.3 Å². The number of hydrogen-bond acceptors (Lipinski definition) is 4. The Kier molecular flexibility index (Phi) is 7.47. The van der Waals surface area contributed by atoms with Gasteiger partial charge in [0.2, 0.25) is 0 Å². The molecule has 0 aromatic heterocycles. The van der Waals surface area contributed by atoms with Gasteiger partial charge in [0.25, 0.3) is 0 Å². The molecule has 0 aliphatic carbocycles. The van der Waals surface area contributed by atoms with Crippen molar-refractivity contribution in [2.24, 2.45) is 0 Å². The van der Waals surface area contributed by atoms with E-state index in [0.717, 1.165) is 11.1 Å². The Morgan fingerprint density at radius 3 is 1.64 bits per heavy atom. The quantitative estimate of drug-likeness (QED) is 0.214. The van der Waals surface area contributed by atoms with E-state index in [-0.39, 0.29) is 0 Å². The van der Waals surface area contributed by atoms with Crippen molar-refractivity contribution in [3.05, 3.63) is 88.9 Å². The summed E-state index contributed by atoms with van der Waals surface area (Å²) in [7, 11) is -4.03. The van der Waals surface area contributed by atoms with Crippen LogP contribution in [0.1, 0.15) is 11.1 Å². The highest BCUT2D eigenvalue weighted by Crippen LogP contribution is 2.50. The SMILES string of the molecule is O=P(Oc1ccc(Cl)cc1)(Oc1cccc(CBr)c1)Oc1cccc(CBr)c1. The van der Waals surface area contributed by atoms with Gasteiger partial charge in [-0.15, -0.1) is 0 Å². The highest BCUT2D eigenvalue weighted by atomic mass is 79.9. The standard InChI is InChI=1S/C20H16Br2ClO4P/c21-13-15-3-1-5-19(11-15)26-28(24,25-18-9-7-17(23)8-10-18)27-20-6-2-4-16(12-20)14-22/h1-12H,13-14H2. The summed E-state index contributed by atoms with van der Waals surface area (Å²) >= 11 is 12.7. The van der Waals surface area contributed by atoms with Gasteiger partial charge in [-0.05, 0) is 59.7 Å². The van der Waals surface area contributed by atoms with Gasteiger partial charge < -0.3 is 13.6 Å². The molecule has 0 aliphatic heterocycles. The van der Waals surface area contributed by atoms with Crippen LogP contribution < -0.4 is 13.6 Å². The van der Waals surface area contributed by atoms with Gasteiger partial charge in [0.05, 0.1) is 0 Å². The third-order valence-corrected chi connectivity index (χ3v) is 6.42. The van der Waals surface area contributed by atoms with Crippen molar-refractivity contribution in [2.75, 3.05) is 0 Å². The van der Waals surface area contributed by atoms with Gasteiger partial charge in [0.1, 0.15) is 17.2 Å². The molecule has 4 nitrogen and oxygen atoms in total. The van der Waals surface area contributed by atoms with E-state index >= 15 is 0 Å². The van der Waals surface area contributed by atoms with Crippen molar-refractivity contribution in [3.63, 3.8) is 0 Å². The zero-order valence-corrected chi connectivity index (χ0v) is 19.4. The molecule has 8 heteroatoms. The molecule has 0 fully saturated rings. The van der Waals surface area contributed by atoms with Crippen LogP contribution in [-0.4, -0.2) is 0 Å². The first-order valence-corrected chi connectivity index (χ1v) is 12.3. The van der Waals surface area contributed by atoms with E-state index in [0.29, 0.717) is 32.9 Å². The first-order chi connectivity index (χ1) is 13.5. The molecule has 0 bridgehead atoms. The predicted octanol–water partition coefficient (Wildman–Crippen LogP) is 7.77. The summed E-state index contributed by atoms with van der Waals surface area (Å²) in [5.41, 5.74) is 1.94. The molecule has 0 amide bonds. The summed E-state index contributed by atoms with van der Waals surface area (Å²) in [6.07, 6.45) is 0. The summed E-state index contributed by atoms with van der Waals surface area (Å²) in [5.74, 6) is 1.08. The molecule has 0 heterocycles. The zero-order valence-electron chi connectivity index (χ0n) is 14.6. The lowest BCUT2D eigenvalue weighted by Crippen LogP contribution is -2.08. The Morgan fingerprint density at radius 1 is 0.714 bits per heavy atom. The lowest BCUT2D eigenvalue weighted by molar-refractivity contribution is 0.298. The predicted molar refractivity (Wildman–Crippen MR) is 119 cm³/mol. The van der Waals surface area contributed by atoms with Crippen LogP contribution in [0.25, 0.3) is 0 Å². The van der Waals surface area contributed by atoms with Crippen LogP contribution in [0.15, 0.2) is 72.8 Å². The van der Waals surface area contributed by atoms with Crippen molar-refractivity contribution in [3.8, 4) is 17.2 Å². The number of benzene rings is 3. The molecular weight excluding hydrogens is 530 g/mol. The average molecular weight is 547 g/mol. The summed E-state index contributed by atoms with van der Waals surface area (Å²) in [6, 6.07) is 20.9. The Labute approximate surface area is 185 Å². The van der Waals surface area contributed by atoms with Crippen LogP contribution in [0.5, 0.6) is 17.2 Å². The molecule has 0 N–H and O–H groups in total. The van der Waals surface area contributed by atoms with Crippen LogP contribution in [-0.2, 0) is 15.2 Å². The average Bonchev–Trinajstić information content (AvgIpc) is 2.70. The fourth-order valence-corrected chi connectivity index (χ4v) is 4.37. The number of halogens is 3. The summed E-state index contributed by atoms with van der Waals surface area (Å²) in [5, 5.41) is 1.82. The summed E-state index contributed by atoms with van der Waals surface area (Å²) in [4.78, 5) is 0. The van der Waals surface area contributed by atoms with Crippen molar-refractivity contribution in [2.45, 2.75) is 10.7 Å². The van der Waals surface area contributed by atoms with Gasteiger partial charge in [-0.1, -0.05) is 67.7 Å². The highest BCUT2D eigenvalue weighted by molar-refractivity contribution is 9.08. The van der Waals surface area contributed by atoms with E-state index in [1.807, 2.05) is 24.3 Å². The molecule has 3 rings (SSSR count). The minimum absolute atomic E-state index is 0.320. The third-order valence-electron chi connectivity index (χ3n) is 3.57. The summed E-state index contributed by atoms with van der Waals surface area (Å²) in [6.45, 7) is 0. The van der Waals surface area contributed by atoms with Crippen LogP contribution in [0, 0.1) is 0 Å². The molecule has 0 saturated carbocycles. The topological polar surface area (TPSA) is 44.8 Å². The van der Waals surface area contributed by atoms with Gasteiger partial charge in [-0.3, -0.25) is 0 Å². The normalized spacial score (nSPS) is 11.1. The second-order valence-electron chi connectivity index (χ2n) is 5.74. The van der Waals surface area contributed by atoms with Gasteiger partial charge in [0.15, 0.2) is 0 Å². The molecule has 0 unspecified atom stereocenters. The number of hydrogen-bond donors (Lipinski definition) is 0. The minimum atomic E-state index is -4.03. The first kappa shape index (κ1) is 21.3. The molecule has 0 radical (unpaired) electrons. The molecule has 0 aliphatic rings. The largest absolute Gasteiger partial charge is 0.647 e. The van der Waals surface area contributed by atoms with Crippen molar-refractivity contribution in [1.82, 2.24) is 0 Å². The molecule has 0 spiro atoms. The molecule has 146 valence electrons. The molecule has 28 heavy (non-hydrogen) atoms. The van der Waals surface area contributed by atoms with E-state index in [2.05, 4.69) is 31.9 Å². The van der Waals surface area contributed by atoms with Crippen LogP contribution in [0.2, 0.25) is 5.02 Å². The van der Waals surface area contributed by atoms with Gasteiger partial charge >= 0.3 is 7.82 Å². The molecule has 0 saturated heterocycles. The van der Waals surface area contributed by atoms with Gasteiger partial charge in [-0.25, -0.2) is 0 Å². The zero-order chi connectivity index (χ0) is 20.0. The maximum atomic E-state index is 13.5. The van der Waals surface area contributed by atoms with Crippen molar-refractivity contribution in [1.29, 1.82) is 0 Å². The highest BCUT2D eigenvalue weighted by Gasteiger charge is 2.33. The maximum absolute atomic E-state index is 13.5. The lowest BCUT2D eigenvalue weighted by atomic mass is 10.2. The van der Waals surface area contributed by atoms with E-state index < -0.39 is 7.82 Å². The van der Waals surface area contributed by atoms with E-state index in [1.165, 1.54) is 0 Å². The summed E-state index contributed by atoms with van der Waals surface area (Å²) < 4.78 is 30.5. The smallest absolute Gasteiger partial charge is 0.386 e. The Balaban J connectivity index is 1.91. The van der Waals surface area contributed by atoms with Gasteiger partial charge in [0, 0.05) is 15.7 Å². The van der Waals surface area contributed by atoms with E-state index in [1.54, 1.807) is 48.5 Å². The Morgan fingerprint density at radius 2 is 1.18 bits per heavy atom. The monoisotopic (exact) mass is 544 g/mol. The number of phosphoric ester groups is 1. The maximum Gasteiger partial charge on any atom is 0.647 e. The second kappa shape index (κ2) is 9.84. The van der Waals surface area contributed by atoms with Gasteiger partial charge in [-0.2, -0.15) is 4.57 Å². The molecule has 0 atom stereocenters. The van der Waals surface area contributed by atoms with Crippen LogP contribution in [0.3, 0.4) is 0 Å².